The minimum absolute atomic E-state index is 0.0678. The van der Waals surface area contributed by atoms with E-state index in [9.17, 15) is 19.2 Å². The standard InChI is InChI=1S/C36H44N4O6/c41-33(30-20-10-12-22-37-30)40-32(24-27-14-4-1-5-15-27)34(42)39-31(35(43)45-25-28-16-6-2-7-17-28)21-11-13-23-38-36(44)46-26-29-18-8-3-9-19-29/h1-9,14-19,30-32,37H,10-13,20-26H2,(H,38,44)(H,39,42)(H,40,41)/t30-,31-,32-/m0/s1. The molecule has 3 amide bonds. The van der Waals surface area contributed by atoms with Gasteiger partial charge in [-0.2, -0.15) is 0 Å². The predicted molar refractivity (Wildman–Crippen MR) is 174 cm³/mol. The van der Waals surface area contributed by atoms with Crippen LogP contribution < -0.4 is 21.3 Å². The first-order valence-corrected chi connectivity index (χ1v) is 16.0. The largest absolute Gasteiger partial charge is 0.459 e. The lowest BCUT2D eigenvalue weighted by Crippen LogP contribution is -2.56. The predicted octanol–water partition coefficient (Wildman–Crippen LogP) is 4.18. The molecule has 0 radical (unpaired) electrons. The molecule has 1 saturated heterocycles. The molecule has 3 atom stereocenters. The number of carbonyl (C=O) groups excluding carboxylic acids is 4. The number of hydrogen-bond donors (Lipinski definition) is 4. The fourth-order valence-electron chi connectivity index (χ4n) is 5.20. The molecule has 1 fully saturated rings. The van der Waals surface area contributed by atoms with Crippen molar-refractivity contribution in [1.82, 2.24) is 21.3 Å². The van der Waals surface area contributed by atoms with Gasteiger partial charge in [0.25, 0.3) is 0 Å². The highest BCUT2D eigenvalue weighted by atomic mass is 16.5. The number of nitrogens with one attached hydrogen (secondary N) is 4. The topological polar surface area (TPSA) is 135 Å². The van der Waals surface area contributed by atoms with Crippen molar-refractivity contribution in [2.24, 2.45) is 0 Å². The molecule has 46 heavy (non-hydrogen) atoms. The van der Waals surface area contributed by atoms with E-state index in [0.29, 0.717) is 25.8 Å². The normalized spacial score (nSPS) is 15.5. The highest BCUT2D eigenvalue weighted by Crippen LogP contribution is 2.11. The van der Waals surface area contributed by atoms with Crippen molar-refractivity contribution < 1.29 is 28.7 Å². The van der Waals surface area contributed by atoms with E-state index in [0.717, 1.165) is 36.1 Å². The van der Waals surface area contributed by atoms with Crippen LogP contribution in [0.1, 0.15) is 55.2 Å². The monoisotopic (exact) mass is 628 g/mol. The Kier molecular flexibility index (Phi) is 14.1. The van der Waals surface area contributed by atoms with Gasteiger partial charge in [-0.15, -0.1) is 0 Å². The summed E-state index contributed by atoms with van der Waals surface area (Å²) in [6.07, 6.45) is 3.76. The molecule has 1 aliphatic heterocycles. The zero-order chi connectivity index (χ0) is 32.4. The first-order chi connectivity index (χ1) is 22.5. The molecule has 10 nitrogen and oxygen atoms in total. The molecule has 3 aromatic rings. The molecular weight excluding hydrogens is 584 g/mol. The van der Waals surface area contributed by atoms with E-state index < -0.39 is 30.1 Å². The Hall–Kier alpha value is -4.70. The summed E-state index contributed by atoms with van der Waals surface area (Å²) in [7, 11) is 0. The molecule has 244 valence electrons. The van der Waals surface area contributed by atoms with Crippen molar-refractivity contribution in [2.45, 2.75) is 76.3 Å². The maximum absolute atomic E-state index is 13.7. The summed E-state index contributed by atoms with van der Waals surface area (Å²) < 4.78 is 10.8. The fraction of sp³-hybridized carbons (Fsp3) is 0.389. The van der Waals surface area contributed by atoms with Gasteiger partial charge in [0.15, 0.2) is 0 Å². The molecule has 0 saturated carbocycles. The van der Waals surface area contributed by atoms with Crippen molar-refractivity contribution in [2.75, 3.05) is 13.1 Å². The number of alkyl carbamates (subject to hydrolysis) is 1. The molecule has 0 unspecified atom stereocenters. The fourth-order valence-corrected chi connectivity index (χ4v) is 5.20. The SMILES string of the molecule is O=C(NCCCC[C@H](NC(=O)[C@H](Cc1ccccc1)NC(=O)[C@@H]1CCCCN1)C(=O)OCc1ccccc1)OCc1ccccc1. The number of ether oxygens (including phenoxy) is 2. The Morgan fingerprint density at radius 1 is 0.717 bits per heavy atom. The van der Waals surface area contributed by atoms with Crippen LogP contribution in [0.15, 0.2) is 91.0 Å². The Balaban J connectivity index is 1.34. The van der Waals surface area contributed by atoms with Crippen LogP contribution in [0.2, 0.25) is 0 Å². The zero-order valence-electron chi connectivity index (χ0n) is 26.1. The second kappa shape index (κ2) is 19.0. The van der Waals surface area contributed by atoms with Crippen LogP contribution in [-0.4, -0.2) is 55.1 Å². The van der Waals surface area contributed by atoms with Crippen molar-refractivity contribution >= 4 is 23.9 Å². The average Bonchev–Trinajstić information content (AvgIpc) is 3.10. The van der Waals surface area contributed by atoms with Crippen LogP contribution >= 0.6 is 0 Å². The molecule has 1 aliphatic rings. The highest BCUT2D eigenvalue weighted by Gasteiger charge is 2.30. The summed E-state index contributed by atoms with van der Waals surface area (Å²) >= 11 is 0. The second-order valence-electron chi connectivity index (χ2n) is 11.4. The minimum atomic E-state index is -0.941. The molecule has 3 aromatic carbocycles. The van der Waals surface area contributed by atoms with Gasteiger partial charge in [-0.05, 0) is 55.3 Å². The quantitative estimate of drug-likeness (QED) is 0.138. The number of piperidine rings is 1. The van der Waals surface area contributed by atoms with Crippen molar-refractivity contribution in [1.29, 1.82) is 0 Å². The Morgan fingerprint density at radius 2 is 1.33 bits per heavy atom. The van der Waals surface area contributed by atoms with Crippen LogP contribution in [0.25, 0.3) is 0 Å². The van der Waals surface area contributed by atoms with Gasteiger partial charge in [0.2, 0.25) is 11.8 Å². The molecule has 0 bridgehead atoms. The lowest BCUT2D eigenvalue weighted by molar-refractivity contribution is -0.149. The minimum Gasteiger partial charge on any atom is -0.459 e. The maximum Gasteiger partial charge on any atom is 0.407 e. The Morgan fingerprint density at radius 3 is 1.93 bits per heavy atom. The number of carbonyl (C=O) groups is 4. The summed E-state index contributed by atoms with van der Waals surface area (Å²) in [5.74, 6) is -1.26. The average molecular weight is 629 g/mol. The van der Waals surface area contributed by atoms with Crippen molar-refractivity contribution in [3.8, 4) is 0 Å². The van der Waals surface area contributed by atoms with Gasteiger partial charge >= 0.3 is 12.1 Å². The number of esters is 1. The van der Waals surface area contributed by atoms with Crippen LogP contribution in [-0.2, 0) is 43.5 Å². The first-order valence-electron chi connectivity index (χ1n) is 16.0. The summed E-state index contributed by atoms with van der Waals surface area (Å²) in [5.41, 5.74) is 2.60. The Labute approximate surface area is 270 Å². The molecule has 10 heteroatoms. The van der Waals surface area contributed by atoms with Crippen molar-refractivity contribution in [3.63, 3.8) is 0 Å². The summed E-state index contributed by atoms with van der Waals surface area (Å²) in [6.45, 7) is 1.33. The van der Waals surface area contributed by atoms with E-state index in [-0.39, 0.29) is 38.0 Å². The first kappa shape index (κ1) is 34.2. The third-order valence-electron chi connectivity index (χ3n) is 7.77. The summed E-state index contributed by atoms with van der Waals surface area (Å²) in [4.78, 5) is 52.2. The van der Waals surface area contributed by atoms with Gasteiger partial charge in [0.05, 0.1) is 6.04 Å². The second-order valence-corrected chi connectivity index (χ2v) is 11.4. The van der Waals surface area contributed by atoms with Gasteiger partial charge in [0.1, 0.15) is 25.3 Å². The smallest absolute Gasteiger partial charge is 0.407 e. The van der Waals surface area contributed by atoms with Crippen molar-refractivity contribution in [3.05, 3.63) is 108 Å². The molecular formula is C36H44N4O6. The van der Waals surface area contributed by atoms with Crippen LogP contribution in [0.4, 0.5) is 4.79 Å². The van der Waals surface area contributed by atoms with E-state index >= 15 is 0 Å². The van der Waals surface area contributed by atoms with E-state index in [1.807, 2.05) is 91.0 Å². The molecule has 4 rings (SSSR count). The van der Waals surface area contributed by atoms with Gasteiger partial charge < -0.3 is 30.7 Å². The molecule has 0 spiro atoms. The van der Waals surface area contributed by atoms with Crippen LogP contribution in [0, 0.1) is 0 Å². The maximum atomic E-state index is 13.7. The lowest BCUT2D eigenvalue weighted by atomic mass is 10.0. The molecule has 1 heterocycles. The summed E-state index contributed by atoms with van der Waals surface area (Å²) in [5, 5.41) is 11.7. The van der Waals surface area contributed by atoms with Gasteiger partial charge in [-0.25, -0.2) is 9.59 Å². The molecule has 0 aromatic heterocycles. The third-order valence-corrected chi connectivity index (χ3v) is 7.77. The lowest BCUT2D eigenvalue weighted by Gasteiger charge is -2.27. The number of amides is 3. The van der Waals surface area contributed by atoms with E-state index in [4.69, 9.17) is 9.47 Å². The molecule has 0 aliphatic carbocycles. The van der Waals surface area contributed by atoms with Gasteiger partial charge in [-0.3, -0.25) is 9.59 Å². The van der Waals surface area contributed by atoms with Gasteiger partial charge in [-0.1, -0.05) is 97.4 Å². The zero-order valence-corrected chi connectivity index (χ0v) is 26.1. The number of unbranched alkanes of at least 4 members (excludes halogenated alkanes) is 1. The van der Waals surface area contributed by atoms with E-state index in [1.165, 1.54) is 0 Å². The number of rotatable bonds is 16. The van der Waals surface area contributed by atoms with E-state index in [1.54, 1.807) is 0 Å². The highest BCUT2D eigenvalue weighted by molar-refractivity contribution is 5.92. The Bertz CT molecular complexity index is 1370. The van der Waals surface area contributed by atoms with Crippen LogP contribution in [0.5, 0.6) is 0 Å². The van der Waals surface area contributed by atoms with Crippen LogP contribution in [0.3, 0.4) is 0 Å². The molecule has 4 N–H and O–H groups in total. The number of benzene rings is 3. The summed E-state index contributed by atoms with van der Waals surface area (Å²) in [6, 6.07) is 26.0. The van der Waals surface area contributed by atoms with E-state index in [2.05, 4.69) is 21.3 Å². The van der Waals surface area contributed by atoms with Gasteiger partial charge in [0, 0.05) is 13.0 Å². The third kappa shape index (κ3) is 12.0. The number of hydrogen-bond acceptors (Lipinski definition) is 7.